The Morgan fingerprint density at radius 3 is 2.81 bits per heavy atom. The van der Waals surface area contributed by atoms with E-state index in [0.717, 1.165) is 37.0 Å². The second kappa shape index (κ2) is 6.68. The van der Waals surface area contributed by atoms with E-state index in [2.05, 4.69) is 33.1 Å². The molecule has 0 radical (unpaired) electrons. The van der Waals surface area contributed by atoms with E-state index in [1.165, 1.54) is 0 Å². The van der Waals surface area contributed by atoms with Crippen LogP contribution in [0, 0.1) is 6.92 Å². The Morgan fingerprint density at radius 1 is 1.56 bits per heavy atom. The van der Waals surface area contributed by atoms with Crippen LogP contribution in [0.15, 0.2) is 6.20 Å². The Balaban J connectivity index is 2.70. The molecule has 0 saturated heterocycles. The zero-order valence-corrected chi connectivity index (χ0v) is 11.4. The number of carbonyl (C=O) groups excluding carboxylic acids is 1. The molecule has 1 heterocycles. The van der Waals surface area contributed by atoms with Gasteiger partial charge in [0.1, 0.15) is 0 Å². The molecule has 16 heavy (non-hydrogen) atoms. The minimum atomic E-state index is 0.0687. The number of amides is 1. The molecule has 1 rings (SSSR count). The highest BCUT2D eigenvalue weighted by Gasteiger charge is 2.17. The van der Waals surface area contributed by atoms with E-state index in [1.54, 1.807) is 6.20 Å². The van der Waals surface area contributed by atoms with Crippen molar-refractivity contribution < 1.29 is 4.79 Å². The van der Waals surface area contributed by atoms with Gasteiger partial charge < -0.3 is 4.90 Å². The fourth-order valence-electron chi connectivity index (χ4n) is 1.50. The summed E-state index contributed by atoms with van der Waals surface area (Å²) in [5.74, 6) is 0.0687. The third-order valence-corrected chi connectivity index (χ3v) is 2.84. The van der Waals surface area contributed by atoms with Crippen LogP contribution in [0.2, 0.25) is 0 Å². The number of aromatic nitrogens is 2. The Hall–Kier alpha value is -0.840. The summed E-state index contributed by atoms with van der Waals surface area (Å²) in [5.41, 5.74) is 1.51. The maximum atomic E-state index is 12.2. The zero-order valence-electron chi connectivity index (χ0n) is 9.79. The molecule has 0 unspecified atom stereocenters. The van der Waals surface area contributed by atoms with Gasteiger partial charge in [-0.2, -0.15) is 5.10 Å². The molecule has 4 nitrogen and oxygen atoms in total. The van der Waals surface area contributed by atoms with Crippen molar-refractivity contribution in [3.63, 3.8) is 0 Å². The lowest BCUT2D eigenvalue weighted by atomic mass is 10.2. The molecule has 0 aliphatic carbocycles. The summed E-state index contributed by atoms with van der Waals surface area (Å²) in [5, 5.41) is 7.48. The molecular weight excluding hydrogens is 270 g/mol. The fourth-order valence-corrected chi connectivity index (χ4v) is 1.93. The van der Waals surface area contributed by atoms with Gasteiger partial charge in [-0.3, -0.25) is 9.89 Å². The molecule has 1 N–H and O–H groups in total. The SMILES string of the molecule is CCCCN(CCBr)C(=O)c1cn[nH]c1C. The van der Waals surface area contributed by atoms with Crippen LogP contribution >= 0.6 is 15.9 Å². The van der Waals surface area contributed by atoms with Crippen molar-refractivity contribution in [3.8, 4) is 0 Å². The summed E-state index contributed by atoms with van der Waals surface area (Å²) in [6.07, 6.45) is 3.73. The molecule has 1 aromatic heterocycles. The summed E-state index contributed by atoms with van der Waals surface area (Å²) in [7, 11) is 0. The molecular formula is C11H18BrN3O. The van der Waals surface area contributed by atoms with E-state index in [1.807, 2.05) is 11.8 Å². The van der Waals surface area contributed by atoms with Crippen molar-refractivity contribution in [1.82, 2.24) is 15.1 Å². The molecule has 0 aliphatic rings. The van der Waals surface area contributed by atoms with Gasteiger partial charge in [-0.05, 0) is 13.3 Å². The van der Waals surface area contributed by atoms with Gasteiger partial charge in [0.25, 0.3) is 5.91 Å². The summed E-state index contributed by atoms with van der Waals surface area (Å²) in [6, 6.07) is 0. The number of hydrogen-bond acceptors (Lipinski definition) is 2. The number of carbonyl (C=O) groups is 1. The first-order chi connectivity index (χ1) is 7.70. The Bertz CT molecular complexity index is 338. The Morgan fingerprint density at radius 2 is 2.31 bits per heavy atom. The van der Waals surface area contributed by atoms with Gasteiger partial charge in [0.05, 0.1) is 11.8 Å². The van der Waals surface area contributed by atoms with Crippen LogP contribution in [0.4, 0.5) is 0 Å². The number of alkyl halides is 1. The van der Waals surface area contributed by atoms with E-state index >= 15 is 0 Å². The van der Waals surface area contributed by atoms with E-state index in [4.69, 9.17) is 0 Å². The third-order valence-electron chi connectivity index (χ3n) is 2.48. The maximum absolute atomic E-state index is 12.2. The van der Waals surface area contributed by atoms with E-state index in [0.29, 0.717) is 5.56 Å². The quantitative estimate of drug-likeness (QED) is 0.817. The number of hydrogen-bond donors (Lipinski definition) is 1. The first-order valence-electron chi connectivity index (χ1n) is 5.56. The van der Waals surface area contributed by atoms with Crippen LogP contribution in [0.1, 0.15) is 35.8 Å². The van der Waals surface area contributed by atoms with Gasteiger partial charge in [0, 0.05) is 24.1 Å². The van der Waals surface area contributed by atoms with Crippen LogP contribution in [-0.4, -0.2) is 39.4 Å². The van der Waals surface area contributed by atoms with Crippen molar-refractivity contribution in [2.75, 3.05) is 18.4 Å². The van der Waals surface area contributed by atoms with E-state index in [-0.39, 0.29) is 5.91 Å². The summed E-state index contributed by atoms with van der Waals surface area (Å²) >= 11 is 3.37. The predicted octanol–water partition coefficient (Wildman–Crippen LogP) is 2.36. The standard InChI is InChI=1S/C11H18BrN3O/c1-3-4-6-15(7-5-12)11(16)10-8-13-14-9(10)2/h8H,3-7H2,1-2H3,(H,13,14). The van der Waals surface area contributed by atoms with E-state index in [9.17, 15) is 4.79 Å². The van der Waals surface area contributed by atoms with Gasteiger partial charge in [0.15, 0.2) is 0 Å². The highest BCUT2D eigenvalue weighted by Crippen LogP contribution is 2.09. The van der Waals surface area contributed by atoms with Crippen LogP contribution in [-0.2, 0) is 0 Å². The van der Waals surface area contributed by atoms with Crippen LogP contribution in [0.5, 0.6) is 0 Å². The number of rotatable bonds is 6. The molecule has 1 aromatic rings. The fraction of sp³-hybridized carbons (Fsp3) is 0.636. The first kappa shape index (κ1) is 13.2. The minimum absolute atomic E-state index is 0.0687. The first-order valence-corrected chi connectivity index (χ1v) is 6.68. The molecule has 0 spiro atoms. The second-order valence-electron chi connectivity index (χ2n) is 3.74. The van der Waals surface area contributed by atoms with Gasteiger partial charge in [-0.15, -0.1) is 0 Å². The largest absolute Gasteiger partial charge is 0.338 e. The molecule has 90 valence electrons. The van der Waals surface area contributed by atoms with Crippen molar-refractivity contribution in [2.45, 2.75) is 26.7 Å². The zero-order chi connectivity index (χ0) is 12.0. The summed E-state index contributed by atoms with van der Waals surface area (Å²) < 4.78 is 0. The highest BCUT2D eigenvalue weighted by molar-refractivity contribution is 9.09. The van der Waals surface area contributed by atoms with Gasteiger partial charge in [-0.25, -0.2) is 0 Å². The van der Waals surface area contributed by atoms with E-state index < -0.39 is 0 Å². The van der Waals surface area contributed by atoms with Crippen LogP contribution in [0.3, 0.4) is 0 Å². The molecule has 0 aromatic carbocycles. The van der Waals surface area contributed by atoms with Crippen LogP contribution in [0.25, 0.3) is 0 Å². The number of nitrogens with zero attached hydrogens (tertiary/aromatic N) is 2. The average molecular weight is 288 g/mol. The number of H-pyrrole nitrogens is 1. The van der Waals surface area contributed by atoms with Gasteiger partial charge in [0.2, 0.25) is 0 Å². The van der Waals surface area contributed by atoms with Gasteiger partial charge in [-0.1, -0.05) is 29.3 Å². The number of aryl methyl sites for hydroxylation is 1. The predicted molar refractivity (Wildman–Crippen MR) is 67.9 cm³/mol. The van der Waals surface area contributed by atoms with Crippen molar-refractivity contribution in [2.24, 2.45) is 0 Å². The van der Waals surface area contributed by atoms with Crippen LogP contribution < -0.4 is 0 Å². The topological polar surface area (TPSA) is 49.0 Å². The lowest BCUT2D eigenvalue weighted by Crippen LogP contribution is -2.33. The van der Waals surface area contributed by atoms with Crippen molar-refractivity contribution in [3.05, 3.63) is 17.5 Å². The molecule has 0 fully saturated rings. The smallest absolute Gasteiger partial charge is 0.257 e. The summed E-state index contributed by atoms with van der Waals surface area (Å²) in [6.45, 7) is 5.54. The molecule has 0 saturated carbocycles. The molecule has 0 bridgehead atoms. The molecule has 0 aliphatic heterocycles. The molecule has 0 atom stereocenters. The summed E-state index contributed by atoms with van der Waals surface area (Å²) in [4.78, 5) is 14.0. The highest BCUT2D eigenvalue weighted by atomic mass is 79.9. The Kier molecular flexibility index (Phi) is 5.52. The van der Waals surface area contributed by atoms with Gasteiger partial charge >= 0.3 is 0 Å². The van der Waals surface area contributed by atoms with Crippen molar-refractivity contribution in [1.29, 1.82) is 0 Å². The lowest BCUT2D eigenvalue weighted by molar-refractivity contribution is 0.0763. The average Bonchev–Trinajstić information content (AvgIpc) is 2.69. The second-order valence-corrected chi connectivity index (χ2v) is 4.54. The number of unbranched alkanes of at least 4 members (excludes halogenated alkanes) is 1. The number of aromatic amines is 1. The minimum Gasteiger partial charge on any atom is -0.338 e. The Labute approximate surface area is 105 Å². The molecule has 1 amide bonds. The maximum Gasteiger partial charge on any atom is 0.257 e. The lowest BCUT2D eigenvalue weighted by Gasteiger charge is -2.21. The number of nitrogens with one attached hydrogen (secondary N) is 1. The molecule has 5 heteroatoms. The number of halogens is 1. The normalized spacial score (nSPS) is 10.4. The monoisotopic (exact) mass is 287 g/mol. The third kappa shape index (κ3) is 3.33. The van der Waals surface area contributed by atoms with Crippen molar-refractivity contribution >= 4 is 21.8 Å².